The van der Waals surface area contributed by atoms with Crippen molar-refractivity contribution in [1.82, 2.24) is 4.98 Å². The van der Waals surface area contributed by atoms with E-state index in [0.29, 0.717) is 6.54 Å². The van der Waals surface area contributed by atoms with Crippen LogP contribution in [0.3, 0.4) is 0 Å². The summed E-state index contributed by atoms with van der Waals surface area (Å²) in [5.74, 6) is 0.944. The summed E-state index contributed by atoms with van der Waals surface area (Å²) < 4.78 is 6.06. The van der Waals surface area contributed by atoms with Gasteiger partial charge in [-0.2, -0.15) is 0 Å². The molecule has 122 valence electrons. The summed E-state index contributed by atoms with van der Waals surface area (Å²) in [5.41, 5.74) is 11.3. The smallest absolute Gasteiger partial charge is 0.132 e. The van der Waals surface area contributed by atoms with E-state index in [4.69, 9.17) is 15.5 Å². The van der Waals surface area contributed by atoms with E-state index in [0.717, 1.165) is 28.9 Å². The molecule has 2 heterocycles. The van der Waals surface area contributed by atoms with Gasteiger partial charge in [-0.25, -0.2) is 4.98 Å². The maximum absolute atomic E-state index is 6.06. The van der Waals surface area contributed by atoms with Crippen LogP contribution in [-0.4, -0.2) is 23.9 Å². The molecule has 1 aromatic heterocycles. The lowest BCUT2D eigenvalue weighted by molar-refractivity contribution is 0.242. The average molecular weight is 336 g/mol. The Morgan fingerprint density at radius 3 is 2.92 bits per heavy atom. The van der Waals surface area contributed by atoms with E-state index in [1.807, 2.05) is 0 Å². The molecule has 1 aliphatic rings. The van der Waals surface area contributed by atoms with Crippen LogP contribution in [0.15, 0.2) is 47.4 Å². The third-order valence-corrected chi connectivity index (χ3v) is 5.32. The van der Waals surface area contributed by atoms with Gasteiger partial charge < -0.3 is 10.5 Å². The Balaban J connectivity index is 1.86. The zero-order valence-electron chi connectivity index (χ0n) is 13.9. The average Bonchev–Trinajstić information content (AvgIpc) is 3.04. The molecule has 2 N–H and O–H groups in total. The standard InChI is InChI=1S/C20H20N2OS/c1-12-8-19(22-18-7-6-15(24-2)10-17(12)18)16-5-3-4-13-9-14(11-21)23-20(13)16/h3-8,10,14H,9,11,21H2,1-2H3/t14-/m1/s1. The summed E-state index contributed by atoms with van der Waals surface area (Å²) in [5, 5.41) is 1.21. The number of thioether (sulfide) groups is 1. The van der Waals surface area contributed by atoms with Gasteiger partial charge in [0.1, 0.15) is 11.9 Å². The molecule has 0 saturated carbocycles. The normalized spacial score (nSPS) is 16.2. The lowest BCUT2D eigenvalue weighted by Crippen LogP contribution is -2.24. The number of benzene rings is 2. The number of para-hydroxylation sites is 1. The molecule has 2 aromatic carbocycles. The Labute approximate surface area is 146 Å². The molecule has 1 aliphatic heterocycles. The summed E-state index contributed by atoms with van der Waals surface area (Å²) in [6.07, 6.45) is 3.05. The van der Waals surface area contributed by atoms with Crippen molar-refractivity contribution in [2.24, 2.45) is 5.73 Å². The van der Waals surface area contributed by atoms with E-state index >= 15 is 0 Å². The Hall–Kier alpha value is -2.04. The first kappa shape index (κ1) is 15.5. The topological polar surface area (TPSA) is 48.1 Å². The Morgan fingerprint density at radius 1 is 1.25 bits per heavy atom. The molecule has 0 saturated heterocycles. The van der Waals surface area contributed by atoms with Crippen molar-refractivity contribution >= 4 is 22.7 Å². The predicted octanol–water partition coefficient (Wildman–Crippen LogP) is 4.19. The summed E-state index contributed by atoms with van der Waals surface area (Å²) in [6, 6.07) is 14.9. The molecule has 0 radical (unpaired) electrons. The quantitative estimate of drug-likeness (QED) is 0.729. The number of aryl methyl sites for hydroxylation is 1. The van der Waals surface area contributed by atoms with Gasteiger partial charge in [-0.1, -0.05) is 12.1 Å². The molecule has 0 aliphatic carbocycles. The van der Waals surface area contributed by atoms with Crippen molar-refractivity contribution < 1.29 is 4.74 Å². The number of aromatic nitrogens is 1. The van der Waals surface area contributed by atoms with Crippen LogP contribution < -0.4 is 10.5 Å². The number of ether oxygens (including phenoxy) is 1. The van der Waals surface area contributed by atoms with Crippen LogP contribution in [0, 0.1) is 6.92 Å². The summed E-state index contributed by atoms with van der Waals surface area (Å²) in [6.45, 7) is 2.68. The molecule has 0 fully saturated rings. The number of rotatable bonds is 3. The van der Waals surface area contributed by atoms with Crippen molar-refractivity contribution in [2.75, 3.05) is 12.8 Å². The van der Waals surface area contributed by atoms with E-state index in [9.17, 15) is 0 Å². The second-order valence-corrected chi connectivity index (χ2v) is 7.06. The number of pyridine rings is 1. The fourth-order valence-corrected chi connectivity index (χ4v) is 3.75. The first-order valence-corrected chi connectivity index (χ1v) is 9.36. The highest BCUT2D eigenvalue weighted by atomic mass is 32.2. The number of fused-ring (bicyclic) bond motifs is 2. The molecule has 0 amide bonds. The molecular weight excluding hydrogens is 316 g/mol. The minimum Gasteiger partial charge on any atom is -0.488 e. The van der Waals surface area contributed by atoms with Crippen molar-refractivity contribution in [2.45, 2.75) is 24.3 Å². The van der Waals surface area contributed by atoms with Crippen LogP contribution in [0.25, 0.3) is 22.2 Å². The van der Waals surface area contributed by atoms with Crippen LogP contribution >= 0.6 is 11.8 Å². The van der Waals surface area contributed by atoms with Crippen LogP contribution in [0.2, 0.25) is 0 Å². The van der Waals surface area contributed by atoms with Crippen LogP contribution in [-0.2, 0) is 6.42 Å². The highest BCUT2D eigenvalue weighted by Gasteiger charge is 2.25. The third kappa shape index (κ3) is 2.56. The number of nitrogens with two attached hydrogens (primary N) is 1. The van der Waals surface area contributed by atoms with Gasteiger partial charge in [0.25, 0.3) is 0 Å². The Morgan fingerprint density at radius 2 is 2.12 bits per heavy atom. The maximum atomic E-state index is 6.06. The van der Waals surface area contributed by atoms with Crippen molar-refractivity contribution in [3.05, 3.63) is 53.6 Å². The lowest BCUT2D eigenvalue weighted by Gasteiger charge is -2.12. The molecule has 3 aromatic rings. The van der Waals surface area contributed by atoms with Gasteiger partial charge in [0.2, 0.25) is 0 Å². The van der Waals surface area contributed by atoms with Crippen LogP contribution in [0.4, 0.5) is 0 Å². The van der Waals surface area contributed by atoms with E-state index in [-0.39, 0.29) is 6.10 Å². The fraction of sp³-hybridized carbons (Fsp3) is 0.250. The second-order valence-electron chi connectivity index (χ2n) is 6.18. The minimum atomic E-state index is 0.0758. The Kier molecular flexibility index (Phi) is 3.94. The Bertz CT molecular complexity index is 923. The molecular formula is C20H20N2OS. The SMILES string of the molecule is CSc1ccc2nc(-c3cccc4c3O[C@@H](CN)C4)cc(C)c2c1. The monoisotopic (exact) mass is 336 g/mol. The molecule has 4 heteroatoms. The van der Waals surface area contributed by atoms with Crippen LogP contribution in [0.1, 0.15) is 11.1 Å². The van der Waals surface area contributed by atoms with E-state index in [1.54, 1.807) is 11.8 Å². The molecule has 24 heavy (non-hydrogen) atoms. The van der Waals surface area contributed by atoms with Gasteiger partial charge in [-0.15, -0.1) is 11.8 Å². The highest BCUT2D eigenvalue weighted by molar-refractivity contribution is 7.98. The molecule has 0 bridgehead atoms. The van der Waals surface area contributed by atoms with Gasteiger partial charge in [-0.05, 0) is 54.6 Å². The molecule has 4 rings (SSSR count). The lowest BCUT2D eigenvalue weighted by atomic mass is 10.0. The predicted molar refractivity (Wildman–Crippen MR) is 101 cm³/mol. The van der Waals surface area contributed by atoms with Gasteiger partial charge in [0, 0.05) is 28.8 Å². The maximum Gasteiger partial charge on any atom is 0.132 e. The van der Waals surface area contributed by atoms with Crippen molar-refractivity contribution in [3.63, 3.8) is 0 Å². The number of hydrogen-bond acceptors (Lipinski definition) is 4. The molecule has 0 unspecified atom stereocenters. The van der Waals surface area contributed by atoms with Gasteiger partial charge in [-0.3, -0.25) is 0 Å². The van der Waals surface area contributed by atoms with Gasteiger partial charge in [0.15, 0.2) is 0 Å². The van der Waals surface area contributed by atoms with E-state index < -0.39 is 0 Å². The first-order valence-electron chi connectivity index (χ1n) is 8.14. The second kappa shape index (κ2) is 6.11. The molecule has 3 nitrogen and oxygen atoms in total. The molecule has 0 spiro atoms. The van der Waals surface area contributed by atoms with Gasteiger partial charge >= 0.3 is 0 Å². The largest absolute Gasteiger partial charge is 0.488 e. The first-order chi connectivity index (χ1) is 11.7. The summed E-state index contributed by atoms with van der Waals surface area (Å²) in [7, 11) is 0. The fourth-order valence-electron chi connectivity index (χ4n) is 3.31. The zero-order valence-corrected chi connectivity index (χ0v) is 14.7. The van der Waals surface area contributed by atoms with Crippen molar-refractivity contribution in [1.29, 1.82) is 0 Å². The third-order valence-electron chi connectivity index (χ3n) is 4.59. The van der Waals surface area contributed by atoms with Crippen LogP contribution in [0.5, 0.6) is 5.75 Å². The minimum absolute atomic E-state index is 0.0758. The van der Waals surface area contributed by atoms with Crippen molar-refractivity contribution in [3.8, 4) is 17.0 Å². The van der Waals surface area contributed by atoms with E-state index in [2.05, 4.69) is 55.6 Å². The molecule has 1 atom stereocenters. The highest BCUT2D eigenvalue weighted by Crippen LogP contribution is 2.39. The summed E-state index contributed by atoms with van der Waals surface area (Å²) in [4.78, 5) is 6.15. The zero-order chi connectivity index (χ0) is 16.7. The summed E-state index contributed by atoms with van der Waals surface area (Å²) >= 11 is 1.75. The number of hydrogen-bond donors (Lipinski definition) is 1. The number of nitrogens with zero attached hydrogens (tertiary/aromatic N) is 1. The van der Waals surface area contributed by atoms with E-state index in [1.165, 1.54) is 21.4 Å². The van der Waals surface area contributed by atoms with Gasteiger partial charge in [0.05, 0.1) is 11.2 Å².